The van der Waals surface area contributed by atoms with Gasteiger partial charge in [-0.3, -0.25) is 4.90 Å². The van der Waals surface area contributed by atoms with Crippen molar-refractivity contribution in [2.24, 2.45) is 0 Å². The molecule has 0 aliphatic rings. The number of nitrogens with zero attached hydrogens (tertiary/aromatic N) is 1. The number of benzene rings is 1. The molecule has 1 aromatic rings. The second-order valence-corrected chi connectivity index (χ2v) is 5.57. The van der Waals surface area contributed by atoms with Gasteiger partial charge in [0, 0.05) is 19.1 Å². The monoisotopic (exact) mass is 277 g/mol. The molecule has 0 fully saturated rings. The predicted molar refractivity (Wildman–Crippen MR) is 82.9 cm³/mol. The van der Waals surface area contributed by atoms with E-state index in [1.807, 2.05) is 37.3 Å². The number of hydrogen-bond donors (Lipinski definition) is 1. The number of aliphatic hydroxyl groups excluding tert-OH is 1. The number of carbonyl (C=O) groups is 1. The molecule has 1 atom stereocenters. The lowest BCUT2D eigenvalue weighted by Crippen LogP contribution is -2.46. The molecule has 0 saturated carbocycles. The van der Waals surface area contributed by atoms with Crippen LogP contribution in [0.1, 0.15) is 39.2 Å². The summed E-state index contributed by atoms with van der Waals surface area (Å²) in [5.74, 6) is 0. The number of aliphatic hydroxyl groups is 1. The van der Waals surface area contributed by atoms with Crippen molar-refractivity contribution in [3.63, 3.8) is 0 Å². The Balaban J connectivity index is 2.96. The van der Waals surface area contributed by atoms with Gasteiger partial charge in [-0.05, 0) is 25.3 Å². The summed E-state index contributed by atoms with van der Waals surface area (Å²) in [5, 5.41) is 9.29. The highest BCUT2D eigenvalue weighted by Gasteiger charge is 2.30. The van der Waals surface area contributed by atoms with Crippen molar-refractivity contribution in [2.75, 3.05) is 19.7 Å². The number of hydrogen-bond acceptors (Lipinski definition) is 3. The minimum atomic E-state index is -0.529. The van der Waals surface area contributed by atoms with Crippen LogP contribution in [0.25, 0.3) is 0 Å². The first-order valence-electron chi connectivity index (χ1n) is 7.48. The van der Waals surface area contributed by atoms with Crippen LogP contribution in [0.2, 0.25) is 0 Å². The van der Waals surface area contributed by atoms with Crippen molar-refractivity contribution in [3.05, 3.63) is 35.9 Å². The van der Waals surface area contributed by atoms with Crippen molar-refractivity contribution in [2.45, 2.75) is 45.1 Å². The largest absolute Gasteiger partial charge is 0.395 e. The second kappa shape index (κ2) is 8.18. The topological polar surface area (TPSA) is 40.5 Å². The highest BCUT2D eigenvalue weighted by atomic mass is 16.3. The molecule has 0 amide bonds. The maximum Gasteiger partial charge on any atom is 0.131 e. The summed E-state index contributed by atoms with van der Waals surface area (Å²) in [6.07, 6.45) is 3.09. The van der Waals surface area contributed by atoms with Crippen LogP contribution >= 0.6 is 0 Å². The molecule has 1 unspecified atom stereocenters. The van der Waals surface area contributed by atoms with Gasteiger partial charge in [0.1, 0.15) is 6.29 Å². The van der Waals surface area contributed by atoms with Crippen LogP contribution in [-0.2, 0) is 10.2 Å². The molecule has 1 rings (SSSR count). The van der Waals surface area contributed by atoms with E-state index in [0.29, 0.717) is 19.1 Å². The Morgan fingerprint density at radius 1 is 1.25 bits per heavy atom. The lowest BCUT2D eigenvalue weighted by molar-refractivity contribution is -0.113. The lowest BCUT2D eigenvalue weighted by atomic mass is 9.83. The molecule has 3 heteroatoms. The third-order valence-electron chi connectivity index (χ3n) is 4.07. The first-order chi connectivity index (χ1) is 9.61. The highest BCUT2D eigenvalue weighted by Crippen LogP contribution is 2.24. The minimum absolute atomic E-state index is 0.125. The zero-order valence-electron chi connectivity index (χ0n) is 12.9. The van der Waals surface area contributed by atoms with Crippen LogP contribution in [-0.4, -0.2) is 42.0 Å². The van der Waals surface area contributed by atoms with E-state index in [9.17, 15) is 9.90 Å². The van der Waals surface area contributed by atoms with Crippen LogP contribution < -0.4 is 0 Å². The van der Waals surface area contributed by atoms with E-state index in [2.05, 4.69) is 18.7 Å². The summed E-state index contributed by atoms with van der Waals surface area (Å²) in [6.45, 7) is 7.66. The molecule has 0 aliphatic carbocycles. The zero-order valence-corrected chi connectivity index (χ0v) is 12.9. The maximum atomic E-state index is 11.7. The van der Waals surface area contributed by atoms with Gasteiger partial charge in [0.2, 0.25) is 0 Å². The summed E-state index contributed by atoms with van der Waals surface area (Å²) < 4.78 is 0. The fraction of sp³-hybridized carbons (Fsp3) is 0.588. The van der Waals surface area contributed by atoms with Gasteiger partial charge >= 0.3 is 0 Å². The zero-order chi connectivity index (χ0) is 15.0. The van der Waals surface area contributed by atoms with E-state index in [4.69, 9.17) is 0 Å². The SMILES string of the molecule is CCC(CC)N(CCO)CC(C)(C=O)c1ccccc1. The highest BCUT2D eigenvalue weighted by molar-refractivity contribution is 5.68. The van der Waals surface area contributed by atoms with Crippen molar-refractivity contribution in [3.8, 4) is 0 Å². The maximum absolute atomic E-state index is 11.7. The smallest absolute Gasteiger partial charge is 0.131 e. The summed E-state index contributed by atoms with van der Waals surface area (Å²) >= 11 is 0. The molecule has 0 saturated heterocycles. The normalized spacial score (nSPS) is 14.5. The molecule has 20 heavy (non-hydrogen) atoms. The molecule has 112 valence electrons. The average Bonchev–Trinajstić information content (AvgIpc) is 2.49. The van der Waals surface area contributed by atoms with Gasteiger partial charge < -0.3 is 9.90 Å². The molecule has 0 radical (unpaired) electrons. The Morgan fingerprint density at radius 2 is 1.85 bits per heavy atom. The fourth-order valence-corrected chi connectivity index (χ4v) is 2.76. The Hall–Kier alpha value is -1.19. The van der Waals surface area contributed by atoms with E-state index >= 15 is 0 Å². The van der Waals surface area contributed by atoms with E-state index in [0.717, 1.165) is 24.7 Å². The first-order valence-corrected chi connectivity index (χ1v) is 7.48. The summed E-state index contributed by atoms with van der Waals surface area (Å²) in [5.41, 5.74) is 0.503. The van der Waals surface area contributed by atoms with E-state index in [-0.39, 0.29) is 6.61 Å². The molecule has 1 aromatic carbocycles. The number of rotatable bonds is 9. The minimum Gasteiger partial charge on any atom is -0.395 e. The van der Waals surface area contributed by atoms with Crippen LogP contribution in [0.15, 0.2) is 30.3 Å². The summed E-state index contributed by atoms with van der Waals surface area (Å²) in [4.78, 5) is 13.9. The molecular weight excluding hydrogens is 250 g/mol. The Kier molecular flexibility index (Phi) is 6.89. The van der Waals surface area contributed by atoms with Crippen molar-refractivity contribution >= 4 is 6.29 Å². The Bertz CT molecular complexity index is 389. The number of aldehydes is 1. The second-order valence-electron chi connectivity index (χ2n) is 5.57. The third kappa shape index (κ3) is 4.15. The molecule has 0 heterocycles. The Morgan fingerprint density at radius 3 is 2.30 bits per heavy atom. The van der Waals surface area contributed by atoms with Crippen LogP contribution in [0, 0.1) is 0 Å². The van der Waals surface area contributed by atoms with Crippen LogP contribution in [0.5, 0.6) is 0 Å². The van der Waals surface area contributed by atoms with Gasteiger partial charge in [-0.15, -0.1) is 0 Å². The molecular formula is C17H27NO2. The number of carbonyl (C=O) groups excluding carboxylic acids is 1. The molecule has 0 bridgehead atoms. The van der Waals surface area contributed by atoms with Gasteiger partial charge in [0.15, 0.2) is 0 Å². The third-order valence-corrected chi connectivity index (χ3v) is 4.07. The Labute approximate surface area is 122 Å². The van der Waals surface area contributed by atoms with Crippen molar-refractivity contribution in [1.82, 2.24) is 4.90 Å². The summed E-state index contributed by atoms with van der Waals surface area (Å²) in [7, 11) is 0. The quantitative estimate of drug-likeness (QED) is 0.705. The van der Waals surface area contributed by atoms with Gasteiger partial charge in [-0.25, -0.2) is 0 Å². The first kappa shape index (κ1) is 16.9. The summed E-state index contributed by atoms with van der Waals surface area (Å²) in [6, 6.07) is 10.3. The van der Waals surface area contributed by atoms with Gasteiger partial charge in [-0.1, -0.05) is 44.2 Å². The van der Waals surface area contributed by atoms with Gasteiger partial charge in [-0.2, -0.15) is 0 Å². The molecule has 0 spiro atoms. The van der Waals surface area contributed by atoms with Gasteiger partial charge in [0.05, 0.1) is 12.0 Å². The molecule has 3 nitrogen and oxygen atoms in total. The van der Waals surface area contributed by atoms with Crippen molar-refractivity contribution in [1.29, 1.82) is 0 Å². The molecule has 0 aromatic heterocycles. The molecule has 0 aliphatic heterocycles. The van der Waals surface area contributed by atoms with E-state index < -0.39 is 5.41 Å². The standard InChI is InChI=1S/C17H27NO2/c1-4-16(5-2)18(11-12-19)13-17(3,14-20)15-9-7-6-8-10-15/h6-10,14,16,19H,4-5,11-13H2,1-3H3. The van der Waals surface area contributed by atoms with Crippen molar-refractivity contribution < 1.29 is 9.90 Å². The van der Waals surface area contributed by atoms with Crippen LogP contribution in [0.3, 0.4) is 0 Å². The average molecular weight is 277 g/mol. The van der Waals surface area contributed by atoms with Gasteiger partial charge in [0.25, 0.3) is 0 Å². The predicted octanol–water partition coefficient (Wildman–Crippen LogP) is 2.63. The lowest BCUT2D eigenvalue weighted by Gasteiger charge is -2.36. The van der Waals surface area contributed by atoms with E-state index in [1.165, 1.54) is 0 Å². The van der Waals surface area contributed by atoms with Crippen LogP contribution in [0.4, 0.5) is 0 Å². The van der Waals surface area contributed by atoms with E-state index in [1.54, 1.807) is 0 Å². The molecule has 1 N–H and O–H groups in total. The fourth-order valence-electron chi connectivity index (χ4n) is 2.76.